The van der Waals surface area contributed by atoms with E-state index in [-0.39, 0.29) is 5.92 Å². The van der Waals surface area contributed by atoms with Crippen LogP contribution in [0.2, 0.25) is 10.0 Å². The number of rotatable bonds is 12. The molecule has 4 rings (SSSR count). The average molecular weight is 574 g/mol. The second-order valence-corrected chi connectivity index (χ2v) is 10.7. The Balaban J connectivity index is 1.36. The molecule has 4 aromatic rings. The molecular formula is C34H34Cl2N2O2. The van der Waals surface area contributed by atoms with Crippen LogP contribution in [-0.2, 0) is 12.8 Å². The van der Waals surface area contributed by atoms with E-state index in [1.807, 2.05) is 43.3 Å². The van der Waals surface area contributed by atoms with Gasteiger partial charge in [0.25, 0.3) is 0 Å². The quantitative estimate of drug-likeness (QED) is 0.173. The van der Waals surface area contributed by atoms with Gasteiger partial charge in [-0.05, 0) is 96.4 Å². The van der Waals surface area contributed by atoms with Crippen LogP contribution in [0.4, 0.5) is 0 Å². The monoisotopic (exact) mass is 572 g/mol. The van der Waals surface area contributed by atoms with E-state index in [0.717, 1.165) is 24.2 Å². The van der Waals surface area contributed by atoms with Gasteiger partial charge < -0.3 is 15.2 Å². The van der Waals surface area contributed by atoms with E-state index in [9.17, 15) is 0 Å². The molecule has 2 N–H and O–H groups in total. The van der Waals surface area contributed by atoms with Crippen molar-refractivity contribution >= 4 is 23.2 Å². The molecule has 0 aliphatic rings. The van der Waals surface area contributed by atoms with Crippen LogP contribution in [0.1, 0.15) is 40.2 Å². The number of aryl methyl sites for hydroxylation is 3. The van der Waals surface area contributed by atoms with Crippen molar-refractivity contribution in [1.82, 2.24) is 0 Å². The fourth-order valence-corrected chi connectivity index (χ4v) is 5.67. The minimum atomic E-state index is 0.201. The summed E-state index contributed by atoms with van der Waals surface area (Å²) in [6.07, 6.45) is 2.10. The van der Waals surface area contributed by atoms with Crippen LogP contribution in [0, 0.1) is 25.2 Å². The molecule has 40 heavy (non-hydrogen) atoms. The van der Waals surface area contributed by atoms with Gasteiger partial charge in [0.05, 0.1) is 16.1 Å². The van der Waals surface area contributed by atoms with E-state index in [1.165, 1.54) is 33.4 Å². The topological polar surface area (TPSA) is 68.3 Å². The second-order valence-electron chi connectivity index (χ2n) is 9.92. The molecular weight excluding hydrogens is 539 g/mol. The molecule has 0 aliphatic heterocycles. The Bertz CT molecular complexity index is 1460. The minimum Gasteiger partial charge on any atom is -0.490 e. The number of hydrogen-bond donors (Lipinski definition) is 1. The van der Waals surface area contributed by atoms with Crippen molar-refractivity contribution in [1.29, 1.82) is 5.26 Å². The SMILES string of the molecule is Cc1cc(Cl)c(OCCOc2ccc(CC(CN)c3ccc(-c4ccccc4CCC#N)cc3C)cc2)c(Cl)c1. The van der Waals surface area contributed by atoms with Crippen LogP contribution in [0.15, 0.2) is 78.9 Å². The van der Waals surface area contributed by atoms with Gasteiger partial charge in [0.1, 0.15) is 19.0 Å². The number of benzene rings is 4. The molecule has 0 amide bonds. The molecule has 4 nitrogen and oxygen atoms in total. The molecule has 0 aromatic heterocycles. The summed E-state index contributed by atoms with van der Waals surface area (Å²) in [5.41, 5.74) is 14.5. The number of halogens is 2. The van der Waals surface area contributed by atoms with Crippen LogP contribution in [0.25, 0.3) is 11.1 Å². The van der Waals surface area contributed by atoms with E-state index in [2.05, 4.69) is 55.5 Å². The van der Waals surface area contributed by atoms with Crippen LogP contribution in [0.5, 0.6) is 11.5 Å². The molecule has 6 heteroatoms. The zero-order valence-corrected chi connectivity index (χ0v) is 24.4. The van der Waals surface area contributed by atoms with Crippen molar-refractivity contribution in [2.45, 2.75) is 39.0 Å². The highest BCUT2D eigenvalue weighted by atomic mass is 35.5. The number of nitrogens with two attached hydrogens (primary N) is 1. The zero-order chi connectivity index (χ0) is 28.5. The summed E-state index contributed by atoms with van der Waals surface area (Å²) >= 11 is 12.5. The van der Waals surface area contributed by atoms with Crippen molar-refractivity contribution in [2.75, 3.05) is 19.8 Å². The molecule has 0 heterocycles. The fourth-order valence-electron chi connectivity index (χ4n) is 4.97. The van der Waals surface area contributed by atoms with Gasteiger partial charge in [-0.15, -0.1) is 0 Å². The lowest BCUT2D eigenvalue weighted by molar-refractivity contribution is 0.217. The Morgan fingerprint density at radius 3 is 2.25 bits per heavy atom. The van der Waals surface area contributed by atoms with Gasteiger partial charge in [-0.3, -0.25) is 0 Å². The van der Waals surface area contributed by atoms with E-state index in [0.29, 0.717) is 42.0 Å². The van der Waals surface area contributed by atoms with Crippen LogP contribution >= 0.6 is 23.2 Å². The molecule has 1 unspecified atom stereocenters. The Hall–Kier alpha value is -3.49. The first-order valence-corrected chi connectivity index (χ1v) is 14.2. The first kappa shape index (κ1) is 29.5. The highest BCUT2D eigenvalue weighted by molar-refractivity contribution is 6.37. The summed E-state index contributed by atoms with van der Waals surface area (Å²) in [6.45, 7) is 5.34. The smallest absolute Gasteiger partial charge is 0.156 e. The van der Waals surface area contributed by atoms with Crippen LogP contribution in [0.3, 0.4) is 0 Å². The van der Waals surface area contributed by atoms with Crippen molar-refractivity contribution < 1.29 is 9.47 Å². The average Bonchev–Trinajstić information content (AvgIpc) is 2.95. The first-order chi connectivity index (χ1) is 19.4. The Labute approximate surface area is 247 Å². The third-order valence-electron chi connectivity index (χ3n) is 6.98. The molecule has 0 radical (unpaired) electrons. The predicted molar refractivity (Wildman–Crippen MR) is 165 cm³/mol. The van der Waals surface area contributed by atoms with E-state index < -0.39 is 0 Å². The van der Waals surface area contributed by atoms with Crippen molar-refractivity contribution in [3.8, 4) is 28.7 Å². The lowest BCUT2D eigenvalue weighted by Gasteiger charge is -2.19. The highest BCUT2D eigenvalue weighted by Gasteiger charge is 2.15. The standard InChI is InChI=1S/C34H34Cl2N2O2/c1-23-18-32(35)34(33(36)19-23)40-17-16-39-29-12-9-25(10-13-29)21-28(22-38)30-14-11-27(20-24(30)2)31-8-4-3-6-26(31)7-5-15-37/h3-4,6,8-14,18-20,28H,5,7,16-17,21-22,38H2,1-2H3. The molecule has 0 bridgehead atoms. The van der Waals surface area contributed by atoms with Gasteiger partial charge >= 0.3 is 0 Å². The summed E-state index contributed by atoms with van der Waals surface area (Å²) in [6, 6.07) is 28.9. The summed E-state index contributed by atoms with van der Waals surface area (Å²) in [7, 11) is 0. The molecule has 1 atom stereocenters. The van der Waals surface area contributed by atoms with Crippen molar-refractivity contribution in [3.05, 3.63) is 117 Å². The van der Waals surface area contributed by atoms with E-state index in [4.69, 9.17) is 43.7 Å². The summed E-state index contributed by atoms with van der Waals surface area (Å²) in [5, 5.41) is 10.0. The maximum absolute atomic E-state index is 9.02. The molecule has 0 fully saturated rings. The molecule has 0 aliphatic carbocycles. The number of nitriles is 1. The Kier molecular flexibility index (Phi) is 10.5. The van der Waals surface area contributed by atoms with Crippen LogP contribution < -0.4 is 15.2 Å². The van der Waals surface area contributed by atoms with E-state index >= 15 is 0 Å². The molecule has 206 valence electrons. The normalized spacial score (nSPS) is 11.6. The maximum atomic E-state index is 9.02. The lowest BCUT2D eigenvalue weighted by Crippen LogP contribution is -2.16. The minimum absolute atomic E-state index is 0.201. The maximum Gasteiger partial charge on any atom is 0.156 e. The molecule has 0 spiro atoms. The van der Waals surface area contributed by atoms with Crippen LogP contribution in [-0.4, -0.2) is 19.8 Å². The summed E-state index contributed by atoms with van der Waals surface area (Å²) in [4.78, 5) is 0. The number of nitrogens with zero attached hydrogens (tertiary/aromatic N) is 1. The predicted octanol–water partition coefficient (Wildman–Crippen LogP) is 8.48. The highest BCUT2D eigenvalue weighted by Crippen LogP contribution is 2.34. The molecule has 0 saturated heterocycles. The second kappa shape index (κ2) is 14.2. The Morgan fingerprint density at radius 1 is 0.875 bits per heavy atom. The third kappa shape index (κ3) is 7.58. The van der Waals surface area contributed by atoms with Gasteiger partial charge in [-0.2, -0.15) is 5.26 Å². The van der Waals surface area contributed by atoms with Crippen molar-refractivity contribution in [3.63, 3.8) is 0 Å². The number of hydrogen-bond acceptors (Lipinski definition) is 4. The summed E-state index contributed by atoms with van der Waals surface area (Å²) in [5.74, 6) is 1.45. The Morgan fingerprint density at radius 2 is 1.57 bits per heavy atom. The first-order valence-electron chi connectivity index (χ1n) is 13.5. The number of ether oxygens (including phenoxy) is 2. The van der Waals surface area contributed by atoms with Crippen molar-refractivity contribution in [2.24, 2.45) is 5.73 Å². The lowest BCUT2D eigenvalue weighted by atomic mass is 9.87. The van der Waals surface area contributed by atoms with Gasteiger partial charge in [0, 0.05) is 12.3 Å². The fraction of sp³-hybridized carbons (Fsp3) is 0.265. The largest absolute Gasteiger partial charge is 0.490 e. The van der Waals surface area contributed by atoms with Gasteiger partial charge in [0.15, 0.2) is 5.75 Å². The van der Waals surface area contributed by atoms with Gasteiger partial charge in [-0.1, -0.05) is 77.8 Å². The van der Waals surface area contributed by atoms with Gasteiger partial charge in [-0.25, -0.2) is 0 Å². The molecule has 0 saturated carbocycles. The third-order valence-corrected chi connectivity index (χ3v) is 7.54. The molecule has 4 aromatic carbocycles. The van der Waals surface area contributed by atoms with E-state index in [1.54, 1.807) is 0 Å². The summed E-state index contributed by atoms with van der Waals surface area (Å²) < 4.78 is 11.6. The van der Waals surface area contributed by atoms with Gasteiger partial charge in [0.2, 0.25) is 0 Å². The zero-order valence-electron chi connectivity index (χ0n) is 22.9.